The first kappa shape index (κ1) is 31.4. The highest BCUT2D eigenvalue weighted by Crippen LogP contribution is 2.23. The highest BCUT2D eigenvalue weighted by molar-refractivity contribution is 6.05. The number of carbonyl (C=O) groups excluding carboxylic acids is 3. The number of likely N-dealkylation sites (tertiary alicyclic amines) is 1. The van der Waals surface area contributed by atoms with E-state index >= 15 is 0 Å². The number of rotatable bonds is 10. The molecule has 0 saturated carbocycles. The fourth-order valence-electron chi connectivity index (χ4n) is 5.64. The highest BCUT2D eigenvalue weighted by atomic mass is 16.6. The normalized spacial score (nSPS) is 20.2. The van der Waals surface area contributed by atoms with Crippen LogP contribution in [-0.4, -0.2) is 117 Å². The van der Waals surface area contributed by atoms with Crippen LogP contribution in [0.15, 0.2) is 54.6 Å². The minimum Gasteiger partial charge on any atom is -0.461 e. The molecule has 2 aromatic rings. The van der Waals surface area contributed by atoms with Crippen molar-refractivity contribution in [3.05, 3.63) is 65.7 Å². The molecule has 2 amide bonds. The Morgan fingerprint density at radius 3 is 2.34 bits per heavy atom. The quantitative estimate of drug-likeness (QED) is 0.182. The van der Waals surface area contributed by atoms with E-state index in [9.17, 15) is 14.4 Å². The first-order chi connectivity index (χ1) is 21.3. The van der Waals surface area contributed by atoms with E-state index in [-0.39, 0.29) is 24.0 Å². The Kier molecular flexibility index (Phi) is 10.8. The number of alkyl carbamates (subject to hydrolysis) is 1. The summed E-state index contributed by atoms with van der Waals surface area (Å²) in [6.45, 7) is 7.12. The Labute approximate surface area is 258 Å². The van der Waals surface area contributed by atoms with Crippen molar-refractivity contribution in [3.63, 3.8) is 0 Å². The van der Waals surface area contributed by atoms with Gasteiger partial charge in [-0.25, -0.2) is 9.59 Å². The molecule has 2 aromatic carbocycles. The maximum atomic E-state index is 12.7. The molecule has 5 rings (SSSR count). The number of carbonyl (C=O) groups is 3. The smallest absolute Gasteiger partial charge is 0.414 e. The van der Waals surface area contributed by atoms with E-state index in [1.165, 1.54) is 0 Å². The third kappa shape index (κ3) is 9.01. The molecule has 0 spiro atoms. The van der Waals surface area contributed by atoms with E-state index in [1.54, 1.807) is 29.2 Å². The van der Waals surface area contributed by atoms with Crippen LogP contribution in [0, 0.1) is 5.41 Å². The van der Waals surface area contributed by atoms with Crippen LogP contribution in [0.4, 0.5) is 15.3 Å². The molecule has 0 aromatic heterocycles. The number of amidine groups is 1. The summed E-state index contributed by atoms with van der Waals surface area (Å²) in [6.07, 6.45) is 0.508. The monoisotopic (exact) mass is 606 g/mol. The van der Waals surface area contributed by atoms with Gasteiger partial charge in [-0.2, -0.15) is 0 Å². The molecule has 3 heterocycles. The van der Waals surface area contributed by atoms with Crippen molar-refractivity contribution < 1.29 is 28.6 Å². The van der Waals surface area contributed by atoms with Crippen molar-refractivity contribution in [3.8, 4) is 0 Å². The van der Waals surface area contributed by atoms with Gasteiger partial charge in [0.2, 0.25) is 0 Å². The van der Waals surface area contributed by atoms with Gasteiger partial charge in [0.15, 0.2) is 0 Å². The van der Waals surface area contributed by atoms with E-state index in [0.29, 0.717) is 43.9 Å². The fourth-order valence-corrected chi connectivity index (χ4v) is 5.64. The zero-order valence-electron chi connectivity index (χ0n) is 25.3. The standard InChI is InChI=1S/C32H42N6O6/c1-35-14-11-27(12-15-35)43-31(40)34-30(33)25-7-9-26(10-8-25)38-22-28(44-32(38)41)21-37-19-17-36(18-20-37)16-13-29(39)42-23-24-5-3-2-4-6-24/h2-10,27-28H,11-23H2,1H3,(H2,33,34,40). The molecule has 3 aliphatic rings. The van der Waals surface area contributed by atoms with Crippen molar-refractivity contribution in [2.75, 3.05) is 70.9 Å². The Bertz CT molecular complexity index is 1280. The summed E-state index contributed by atoms with van der Waals surface area (Å²) in [7, 11) is 2.04. The molecule has 1 unspecified atom stereocenters. The first-order valence-electron chi connectivity index (χ1n) is 15.3. The molecule has 12 heteroatoms. The van der Waals surface area contributed by atoms with E-state index in [0.717, 1.165) is 57.7 Å². The zero-order chi connectivity index (χ0) is 30.9. The number of piperidine rings is 1. The van der Waals surface area contributed by atoms with Crippen molar-refractivity contribution >= 4 is 29.7 Å². The van der Waals surface area contributed by atoms with E-state index < -0.39 is 12.2 Å². The van der Waals surface area contributed by atoms with Gasteiger partial charge < -0.3 is 24.0 Å². The molecule has 0 aliphatic carbocycles. The van der Waals surface area contributed by atoms with Crippen molar-refractivity contribution in [2.24, 2.45) is 0 Å². The predicted molar refractivity (Wildman–Crippen MR) is 165 cm³/mol. The van der Waals surface area contributed by atoms with Gasteiger partial charge >= 0.3 is 18.2 Å². The lowest BCUT2D eigenvalue weighted by atomic mass is 10.1. The summed E-state index contributed by atoms with van der Waals surface area (Å²) in [6, 6.07) is 16.6. The maximum Gasteiger partial charge on any atom is 0.414 e. The van der Waals surface area contributed by atoms with E-state index in [4.69, 9.17) is 19.6 Å². The average Bonchev–Trinajstić information content (AvgIpc) is 3.40. The summed E-state index contributed by atoms with van der Waals surface area (Å²) < 4.78 is 16.5. The number of piperazine rings is 1. The van der Waals surface area contributed by atoms with Crippen molar-refractivity contribution in [2.45, 2.75) is 38.1 Å². The number of hydrogen-bond acceptors (Lipinski definition) is 10. The lowest BCUT2D eigenvalue weighted by Crippen LogP contribution is -2.49. The SMILES string of the molecule is CN1CCC(OC(=O)NC(=N)c2ccc(N3CC(CN4CCN(CCC(=O)OCc5ccccc5)CC4)OC3=O)cc2)CC1. The molecule has 0 bridgehead atoms. The topological polar surface area (TPSA) is 128 Å². The number of anilines is 1. The third-order valence-corrected chi connectivity index (χ3v) is 8.31. The molecule has 2 N–H and O–H groups in total. The molecule has 3 saturated heterocycles. The van der Waals surface area contributed by atoms with Gasteiger partial charge in [0.05, 0.1) is 13.0 Å². The summed E-state index contributed by atoms with van der Waals surface area (Å²) >= 11 is 0. The average molecular weight is 607 g/mol. The van der Waals surface area contributed by atoms with Gasteiger partial charge in [-0.15, -0.1) is 0 Å². The molecule has 44 heavy (non-hydrogen) atoms. The number of ether oxygens (including phenoxy) is 3. The summed E-state index contributed by atoms with van der Waals surface area (Å²) in [5, 5.41) is 10.8. The van der Waals surface area contributed by atoms with Gasteiger partial charge in [-0.1, -0.05) is 30.3 Å². The molecular weight excluding hydrogens is 564 g/mol. The minimum absolute atomic E-state index is 0.0560. The zero-order valence-corrected chi connectivity index (χ0v) is 25.3. The second kappa shape index (κ2) is 15.1. The Morgan fingerprint density at radius 1 is 0.955 bits per heavy atom. The largest absolute Gasteiger partial charge is 0.461 e. The second-order valence-corrected chi connectivity index (χ2v) is 11.6. The van der Waals surface area contributed by atoms with Crippen molar-refractivity contribution in [1.29, 1.82) is 5.41 Å². The van der Waals surface area contributed by atoms with Gasteiger partial charge in [0.25, 0.3) is 0 Å². The van der Waals surface area contributed by atoms with Gasteiger partial charge in [0.1, 0.15) is 24.7 Å². The number of esters is 1. The molecule has 236 valence electrons. The van der Waals surface area contributed by atoms with Gasteiger partial charge in [-0.3, -0.25) is 25.3 Å². The highest BCUT2D eigenvalue weighted by Gasteiger charge is 2.34. The lowest BCUT2D eigenvalue weighted by Gasteiger charge is -2.35. The molecular formula is C32H42N6O6. The Morgan fingerprint density at radius 2 is 1.64 bits per heavy atom. The van der Waals surface area contributed by atoms with Crippen LogP contribution in [0.3, 0.4) is 0 Å². The summed E-state index contributed by atoms with van der Waals surface area (Å²) in [5.74, 6) is -0.250. The number of hydrogen-bond donors (Lipinski definition) is 2. The molecule has 3 fully saturated rings. The van der Waals surface area contributed by atoms with Crippen LogP contribution in [0.1, 0.15) is 30.4 Å². The number of nitrogens with one attached hydrogen (secondary N) is 2. The lowest BCUT2D eigenvalue weighted by molar-refractivity contribution is -0.145. The van der Waals surface area contributed by atoms with E-state index in [2.05, 4.69) is 20.0 Å². The van der Waals surface area contributed by atoms with Crippen LogP contribution in [-0.2, 0) is 25.6 Å². The number of cyclic esters (lactones) is 1. The van der Waals surface area contributed by atoms with Crippen LogP contribution in [0.2, 0.25) is 0 Å². The summed E-state index contributed by atoms with van der Waals surface area (Å²) in [5.41, 5.74) is 2.17. The molecule has 1 atom stereocenters. The number of nitrogens with zero attached hydrogens (tertiary/aromatic N) is 4. The molecule has 0 radical (unpaired) electrons. The van der Waals surface area contributed by atoms with Crippen LogP contribution >= 0.6 is 0 Å². The van der Waals surface area contributed by atoms with Crippen LogP contribution < -0.4 is 10.2 Å². The Hall–Kier alpha value is -4.00. The fraction of sp³-hybridized carbons (Fsp3) is 0.500. The number of amides is 2. The number of benzene rings is 2. The van der Waals surface area contributed by atoms with Crippen LogP contribution in [0.5, 0.6) is 0 Å². The Balaban J connectivity index is 0.997. The molecule has 12 nitrogen and oxygen atoms in total. The van der Waals surface area contributed by atoms with E-state index in [1.807, 2.05) is 37.4 Å². The first-order valence-corrected chi connectivity index (χ1v) is 15.3. The molecule has 3 aliphatic heterocycles. The minimum atomic E-state index is -0.623. The van der Waals surface area contributed by atoms with Crippen LogP contribution in [0.25, 0.3) is 0 Å². The second-order valence-electron chi connectivity index (χ2n) is 11.6. The van der Waals surface area contributed by atoms with Crippen molar-refractivity contribution in [1.82, 2.24) is 20.0 Å². The van der Waals surface area contributed by atoms with Gasteiger partial charge in [-0.05, 0) is 49.7 Å². The summed E-state index contributed by atoms with van der Waals surface area (Å²) in [4.78, 5) is 45.4. The maximum absolute atomic E-state index is 12.7. The predicted octanol–water partition coefficient (Wildman–Crippen LogP) is 2.91. The van der Waals surface area contributed by atoms with Gasteiger partial charge in [0, 0.05) is 63.6 Å². The third-order valence-electron chi connectivity index (χ3n) is 8.31.